The number of pyridine rings is 2. The van der Waals surface area contributed by atoms with Gasteiger partial charge in [-0.3, -0.25) is 9.97 Å². The summed E-state index contributed by atoms with van der Waals surface area (Å²) in [7, 11) is 0. The summed E-state index contributed by atoms with van der Waals surface area (Å²) >= 11 is 0. The Balaban J connectivity index is 1.11. The van der Waals surface area contributed by atoms with Crippen LogP contribution in [0.15, 0.2) is 201 Å². The van der Waals surface area contributed by atoms with Crippen LogP contribution in [0.3, 0.4) is 0 Å². The van der Waals surface area contributed by atoms with E-state index in [0.29, 0.717) is 17.5 Å². The van der Waals surface area contributed by atoms with Crippen LogP contribution in [0.5, 0.6) is 0 Å². The van der Waals surface area contributed by atoms with Crippen molar-refractivity contribution in [1.29, 1.82) is 0 Å². The lowest BCUT2D eigenvalue weighted by Crippen LogP contribution is -2.30. The number of hydrogen-bond donors (Lipinski definition) is 0. The molecule has 12 rings (SSSR count). The van der Waals surface area contributed by atoms with Crippen LogP contribution in [0.4, 0.5) is 0 Å². The van der Waals surface area contributed by atoms with Crippen molar-refractivity contribution in [3.05, 3.63) is 234 Å². The summed E-state index contributed by atoms with van der Waals surface area (Å²) in [5.41, 5.74) is 16.1. The Hall–Kier alpha value is -8.15. The lowest BCUT2D eigenvalue weighted by Gasteiger charge is -2.35. The molecule has 0 amide bonds. The molecule has 61 heavy (non-hydrogen) atoms. The molecule has 0 fully saturated rings. The quantitative estimate of drug-likeness (QED) is 0.174. The Labute approximate surface area is 353 Å². The van der Waals surface area contributed by atoms with Gasteiger partial charge in [0, 0.05) is 52.6 Å². The highest BCUT2D eigenvalue weighted by Gasteiger charge is 2.48. The van der Waals surface area contributed by atoms with Gasteiger partial charge in [0.15, 0.2) is 17.5 Å². The first-order chi connectivity index (χ1) is 30.2. The zero-order valence-corrected chi connectivity index (χ0v) is 32.9. The zero-order valence-electron chi connectivity index (χ0n) is 32.9. The molecule has 5 heteroatoms. The minimum atomic E-state index is -0.615. The summed E-state index contributed by atoms with van der Waals surface area (Å²) in [5.74, 6) is 1.79. The van der Waals surface area contributed by atoms with Crippen LogP contribution in [0.25, 0.3) is 90.5 Å². The Morgan fingerprint density at radius 1 is 0.311 bits per heavy atom. The maximum absolute atomic E-state index is 5.31. The molecule has 0 bridgehead atoms. The highest BCUT2D eigenvalue weighted by molar-refractivity contribution is 5.98. The molecule has 3 heterocycles. The van der Waals surface area contributed by atoms with Crippen LogP contribution in [0.1, 0.15) is 33.4 Å². The van der Waals surface area contributed by atoms with Gasteiger partial charge in [0.05, 0.1) is 5.41 Å². The van der Waals surface area contributed by atoms with E-state index in [9.17, 15) is 0 Å². The second-order valence-electron chi connectivity index (χ2n) is 15.7. The fraction of sp³-hybridized carbons (Fsp3) is 0.0179. The number of nitrogens with zero attached hydrogens (tertiary/aromatic N) is 5. The molecule has 7 aromatic carbocycles. The molecule has 0 aliphatic heterocycles. The monoisotopic (exact) mass is 777 g/mol. The van der Waals surface area contributed by atoms with Gasteiger partial charge < -0.3 is 0 Å². The van der Waals surface area contributed by atoms with E-state index in [-0.39, 0.29) is 0 Å². The Morgan fingerprint density at radius 2 is 0.836 bits per heavy atom. The first-order valence-electron chi connectivity index (χ1n) is 20.5. The van der Waals surface area contributed by atoms with Gasteiger partial charge in [0.1, 0.15) is 0 Å². The second-order valence-corrected chi connectivity index (χ2v) is 15.7. The first kappa shape index (κ1) is 34.9. The third kappa shape index (κ3) is 5.66. The molecule has 284 valence electrons. The average Bonchev–Trinajstić information content (AvgIpc) is 3.53. The summed E-state index contributed by atoms with van der Waals surface area (Å²) in [5, 5.41) is 2.45. The second kappa shape index (κ2) is 14.0. The lowest BCUT2D eigenvalue weighted by molar-refractivity contribution is 0.767. The Bertz CT molecular complexity index is 3270. The predicted octanol–water partition coefficient (Wildman–Crippen LogP) is 13.0. The molecule has 3 aromatic heterocycles. The van der Waals surface area contributed by atoms with E-state index in [2.05, 4.69) is 186 Å². The standard InChI is InChI=1S/C56H35N5/c1-2-13-41-32-52-48(31-40(41)12-1)47-20-4-6-22-50(47)56(52)49-21-5-3-11-36(49)23-24-37-25-26-44(33-51(37)56)55-60-53(42-16-7-14-38(29-42)45-18-9-27-57-34-45)59-54(61-55)43-17-8-15-39(30-43)46-19-10-28-58-35-46/h1-35H. The van der Waals surface area contributed by atoms with Gasteiger partial charge in [-0.25, -0.2) is 15.0 Å². The van der Waals surface area contributed by atoms with E-state index >= 15 is 0 Å². The molecule has 0 radical (unpaired) electrons. The SMILES string of the molecule is C1=Cc2ccc(-c3nc(-c4cccc(-c5cccnc5)c4)nc(-c4cccc(-c5cccnc5)c4)n3)cc2C2(c3ccccc31)c1ccccc1-c1cc3ccccc3cc12. The van der Waals surface area contributed by atoms with Crippen molar-refractivity contribution in [2.45, 2.75) is 5.41 Å². The molecule has 5 nitrogen and oxygen atoms in total. The number of hydrogen-bond acceptors (Lipinski definition) is 5. The number of fused-ring (bicyclic) bond motifs is 10. The van der Waals surface area contributed by atoms with Crippen molar-refractivity contribution < 1.29 is 0 Å². The van der Waals surface area contributed by atoms with Crippen molar-refractivity contribution in [3.8, 4) is 67.5 Å². The van der Waals surface area contributed by atoms with Gasteiger partial charge in [-0.15, -0.1) is 0 Å². The third-order valence-electron chi connectivity index (χ3n) is 12.3. The fourth-order valence-corrected chi connectivity index (χ4v) is 9.52. The predicted molar refractivity (Wildman–Crippen MR) is 246 cm³/mol. The molecule has 0 saturated heterocycles. The Kier molecular flexibility index (Phi) is 8.00. The van der Waals surface area contributed by atoms with E-state index < -0.39 is 5.41 Å². The van der Waals surface area contributed by atoms with Gasteiger partial charge in [-0.2, -0.15) is 0 Å². The van der Waals surface area contributed by atoms with E-state index in [1.54, 1.807) is 12.4 Å². The van der Waals surface area contributed by atoms with Gasteiger partial charge in [-0.1, -0.05) is 146 Å². The van der Waals surface area contributed by atoms with Crippen molar-refractivity contribution in [2.75, 3.05) is 0 Å². The van der Waals surface area contributed by atoms with Crippen LogP contribution in [-0.4, -0.2) is 24.9 Å². The topological polar surface area (TPSA) is 64.5 Å². The summed E-state index contributed by atoms with van der Waals surface area (Å²) in [6.07, 6.45) is 11.9. The van der Waals surface area contributed by atoms with E-state index in [0.717, 1.165) is 44.5 Å². The fourth-order valence-electron chi connectivity index (χ4n) is 9.52. The molecule has 0 N–H and O–H groups in total. The van der Waals surface area contributed by atoms with Crippen molar-refractivity contribution in [3.63, 3.8) is 0 Å². The number of rotatable bonds is 5. The highest BCUT2D eigenvalue weighted by atomic mass is 15.0. The van der Waals surface area contributed by atoms with Gasteiger partial charge >= 0.3 is 0 Å². The molecular weight excluding hydrogens is 743 g/mol. The van der Waals surface area contributed by atoms with Crippen LogP contribution in [-0.2, 0) is 5.41 Å². The van der Waals surface area contributed by atoms with E-state index in [4.69, 9.17) is 15.0 Å². The summed E-state index contributed by atoms with van der Waals surface area (Å²) < 4.78 is 0. The normalized spacial score (nSPS) is 14.6. The van der Waals surface area contributed by atoms with Crippen molar-refractivity contribution in [1.82, 2.24) is 24.9 Å². The van der Waals surface area contributed by atoms with Crippen molar-refractivity contribution in [2.24, 2.45) is 0 Å². The molecule has 1 spiro atoms. The Morgan fingerprint density at radius 3 is 1.48 bits per heavy atom. The summed E-state index contributed by atoms with van der Waals surface area (Å²) in [6, 6.07) is 62.8. The number of benzene rings is 7. The molecule has 2 aliphatic rings. The van der Waals surface area contributed by atoms with Gasteiger partial charge in [0.2, 0.25) is 0 Å². The minimum absolute atomic E-state index is 0.593. The largest absolute Gasteiger partial charge is 0.264 e. The zero-order chi connectivity index (χ0) is 40.3. The lowest BCUT2D eigenvalue weighted by atomic mass is 9.65. The van der Waals surface area contributed by atoms with Gasteiger partial charge in [-0.05, 0) is 109 Å². The summed E-state index contributed by atoms with van der Waals surface area (Å²) in [6.45, 7) is 0. The number of aromatic nitrogens is 5. The van der Waals surface area contributed by atoms with Crippen LogP contribution < -0.4 is 0 Å². The molecule has 2 aliphatic carbocycles. The van der Waals surface area contributed by atoms with Crippen LogP contribution in [0.2, 0.25) is 0 Å². The molecular formula is C56H35N5. The maximum Gasteiger partial charge on any atom is 0.164 e. The minimum Gasteiger partial charge on any atom is -0.264 e. The average molecular weight is 778 g/mol. The van der Waals surface area contributed by atoms with Gasteiger partial charge in [0.25, 0.3) is 0 Å². The highest BCUT2D eigenvalue weighted by Crippen LogP contribution is 2.59. The summed E-state index contributed by atoms with van der Waals surface area (Å²) in [4.78, 5) is 24.6. The third-order valence-corrected chi connectivity index (χ3v) is 12.3. The first-order valence-corrected chi connectivity index (χ1v) is 20.5. The molecule has 10 aromatic rings. The smallest absolute Gasteiger partial charge is 0.164 e. The molecule has 0 saturated carbocycles. The van der Waals surface area contributed by atoms with E-state index in [1.165, 1.54) is 49.7 Å². The van der Waals surface area contributed by atoms with Crippen LogP contribution >= 0.6 is 0 Å². The molecule has 1 atom stereocenters. The maximum atomic E-state index is 5.31. The van der Waals surface area contributed by atoms with Crippen LogP contribution in [0, 0.1) is 0 Å². The van der Waals surface area contributed by atoms with Crippen molar-refractivity contribution >= 4 is 22.9 Å². The van der Waals surface area contributed by atoms with E-state index in [1.807, 2.05) is 24.5 Å². The molecule has 1 unspecified atom stereocenters.